The van der Waals surface area contributed by atoms with Crippen LogP contribution in [0.2, 0.25) is 0 Å². The van der Waals surface area contributed by atoms with Crippen LogP contribution in [0.3, 0.4) is 0 Å². The van der Waals surface area contributed by atoms with Gasteiger partial charge in [-0.15, -0.1) is 0 Å². The van der Waals surface area contributed by atoms with Crippen LogP contribution >= 0.6 is 0 Å². The number of sulfonamides is 1. The predicted molar refractivity (Wildman–Crippen MR) is 99.9 cm³/mol. The molecule has 1 saturated heterocycles. The van der Waals surface area contributed by atoms with Gasteiger partial charge in [0.2, 0.25) is 10.0 Å². The topological polar surface area (TPSA) is 79.4 Å². The zero-order valence-electron chi connectivity index (χ0n) is 14.6. The maximum absolute atomic E-state index is 12.5. The highest BCUT2D eigenvalue weighted by atomic mass is 32.2. The molecule has 1 aromatic heterocycles. The summed E-state index contributed by atoms with van der Waals surface area (Å²) in [6, 6.07) is 10.5. The molecule has 0 spiro atoms. The first-order valence-corrected chi connectivity index (χ1v) is 10.4. The highest BCUT2D eigenvalue weighted by Crippen LogP contribution is 2.17. The predicted octanol–water partition coefficient (Wildman–Crippen LogP) is 2.33. The summed E-state index contributed by atoms with van der Waals surface area (Å²) < 4.78 is 26.5. The number of rotatable bonds is 6. The summed E-state index contributed by atoms with van der Waals surface area (Å²) in [6.45, 7) is 1.62. The first kappa shape index (κ1) is 18.5. The molecule has 2 heterocycles. The van der Waals surface area contributed by atoms with Gasteiger partial charge in [0.05, 0.1) is 5.75 Å². The zero-order chi connectivity index (χ0) is 18.4. The van der Waals surface area contributed by atoms with Gasteiger partial charge in [0.25, 0.3) is 5.91 Å². The third-order valence-electron chi connectivity index (χ3n) is 4.45. The second kappa shape index (κ2) is 8.42. The van der Waals surface area contributed by atoms with E-state index in [1.807, 2.05) is 12.1 Å². The van der Waals surface area contributed by atoms with E-state index in [1.165, 1.54) is 0 Å². The molecule has 0 saturated carbocycles. The number of carbonyl (C=O) groups excluding carboxylic acids is 1. The first-order valence-electron chi connectivity index (χ1n) is 8.78. The average molecular weight is 373 g/mol. The summed E-state index contributed by atoms with van der Waals surface area (Å²) in [5.74, 6) is -0.218. The summed E-state index contributed by atoms with van der Waals surface area (Å²) in [7, 11) is -3.29. The summed E-state index contributed by atoms with van der Waals surface area (Å²) in [6.07, 6.45) is 6.33. The molecular weight excluding hydrogens is 350 g/mol. The first-order chi connectivity index (χ1) is 12.5. The largest absolute Gasteiger partial charge is 0.348 e. The quantitative estimate of drug-likeness (QED) is 0.843. The normalized spacial score (nSPS) is 15.5. The van der Waals surface area contributed by atoms with Crippen LogP contribution in [0.1, 0.15) is 40.7 Å². The van der Waals surface area contributed by atoms with E-state index in [-0.39, 0.29) is 11.7 Å². The minimum Gasteiger partial charge on any atom is -0.348 e. The Bertz CT molecular complexity index is 830. The SMILES string of the molecule is O=C(NCc1cccnc1)c1ccc(CS(=O)(=O)N2CCCCC2)cc1. The molecule has 0 unspecified atom stereocenters. The molecule has 6 nitrogen and oxygen atoms in total. The van der Waals surface area contributed by atoms with Crippen molar-refractivity contribution in [1.29, 1.82) is 0 Å². The van der Waals surface area contributed by atoms with E-state index < -0.39 is 10.0 Å². The van der Waals surface area contributed by atoms with Crippen LogP contribution in [0.5, 0.6) is 0 Å². The number of hydrogen-bond donors (Lipinski definition) is 1. The van der Waals surface area contributed by atoms with Crippen LogP contribution < -0.4 is 5.32 Å². The molecule has 1 N–H and O–H groups in total. The summed E-state index contributed by atoms with van der Waals surface area (Å²) >= 11 is 0. The number of amides is 1. The molecule has 0 atom stereocenters. The Balaban J connectivity index is 1.58. The van der Waals surface area contributed by atoms with Gasteiger partial charge in [-0.3, -0.25) is 9.78 Å². The molecule has 138 valence electrons. The summed E-state index contributed by atoms with van der Waals surface area (Å²) in [5.41, 5.74) is 2.12. The van der Waals surface area contributed by atoms with Crippen molar-refractivity contribution in [3.05, 3.63) is 65.5 Å². The number of nitrogens with zero attached hydrogens (tertiary/aromatic N) is 2. The van der Waals surface area contributed by atoms with E-state index in [4.69, 9.17) is 0 Å². The molecule has 1 aliphatic heterocycles. The number of piperidine rings is 1. The average Bonchev–Trinajstić information content (AvgIpc) is 2.68. The molecule has 0 radical (unpaired) electrons. The number of carbonyl (C=O) groups is 1. The van der Waals surface area contributed by atoms with Gasteiger partial charge in [0, 0.05) is 37.6 Å². The van der Waals surface area contributed by atoms with Crippen molar-refractivity contribution in [2.75, 3.05) is 13.1 Å². The fraction of sp³-hybridized carbons (Fsp3) is 0.368. The number of pyridine rings is 1. The van der Waals surface area contributed by atoms with Gasteiger partial charge in [-0.25, -0.2) is 12.7 Å². The highest BCUT2D eigenvalue weighted by Gasteiger charge is 2.24. The lowest BCUT2D eigenvalue weighted by Gasteiger charge is -2.25. The molecule has 1 fully saturated rings. The lowest BCUT2D eigenvalue weighted by molar-refractivity contribution is 0.0951. The maximum atomic E-state index is 12.5. The molecule has 1 aromatic carbocycles. The monoisotopic (exact) mass is 373 g/mol. The zero-order valence-corrected chi connectivity index (χ0v) is 15.4. The Labute approximate surface area is 154 Å². The Kier molecular flexibility index (Phi) is 6.00. The van der Waals surface area contributed by atoms with E-state index in [9.17, 15) is 13.2 Å². The van der Waals surface area contributed by atoms with Crippen LogP contribution in [0, 0.1) is 0 Å². The number of nitrogens with one attached hydrogen (secondary N) is 1. The smallest absolute Gasteiger partial charge is 0.251 e. The minimum atomic E-state index is -3.29. The van der Waals surface area contributed by atoms with Gasteiger partial charge in [-0.1, -0.05) is 24.6 Å². The Morgan fingerprint density at radius 1 is 1.04 bits per heavy atom. The molecule has 0 aliphatic carbocycles. The van der Waals surface area contributed by atoms with Crippen LogP contribution in [0.15, 0.2) is 48.8 Å². The van der Waals surface area contributed by atoms with Gasteiger partial charge in [0.1, 0.15) is 0 Å². The van der Waals surface area contributed by atoms with Crippen LogP contribution in [0.4, 0.5) is 0 Å². The molecule has 3 rings (SSSR count). The standard InChI is InChI=1S/C19H23N3O3S/c23-19(21-14-17-5-4-10-20-13-17)18-8-6-16(7-9-18)15-26(24,25)22-11-2-1-3-12-22/h4-10,13H,1-3,11-12,14-15H2,(H,21,23). The fourth-order valence-electron chi connectivity index (χ4n) is 2.98. The minimum absolute atomic E-state index is 0.0232. The van der Waals surface area contributed by atoms with Gasteiger partial charge >= 0.3 is 0 Å². The maximum Gasteiger partial charge on any atom is 0.251 e. The lowest BCUT2D eigenvalue weighted by Crippen LogP contribution is -2.36. The van der Waals surface area contributed by atoms with Crippen molar-refractivity contribution in [1.82, 2.24) is 14.6 Å². The highest BCUT2D eigenvalue weighted by molar-refractivity contribution is 7.88. The Hall–Kier alpha value is -2.25. The molecule has 2 aromatic rings. The number of aromatic nitrogens is 1. The van der Waals surface area contributed by atoms with E-state index in [0.29, 0.717) is 30.8 Å². The van der Waals surface area contributed by atoms with E-state index >= 15 is 0 Å². The molecule has 0 bridgehead atoms. The van der Waals surface area contributed by atoms with Crippen LogP contribution in [-0.2, 0) is 22.3 Å². The van der Waals surface area contributed by atoms with E-state index in [0.717, 1.165) is 24.8 Å². The summed E-state index contributed by atoms with van der Waals surface area (Å²) in [4.78, 5) is 16.2. The van der Waals surface area contributed by atoms with Crippen molar-refractivity contribution in [2.24, 2.45) is 0 Å². The summed E-state index contributed by atoms with van der Waals surface area (Å²) in [5, 5.41) is 2.83. The van der Waals surface area contributed by atoms with Gasteiger partial charge < -0.3 is 5.32 Å². The van der Waals surface area contributed by atoms with Crippen LogP contribution in [0.25, 0.3) is 0 Å². The van der Waals surface area contributed by atoms with E-state index in [2.05, 4.69) is 10.3 Å². The third kappa shape index (κ3) is 4.89. The Morgan fingerprint density at radius 3 is 2.42 bits per heavy atom. The lowest BCUT2D eigenvalue weighted by atomic mass is 10.1. The van der Waals surface area contributed by atoms with Crippen molar-refractivity contribution < 1.29 is 13.2 Å². The van der Waals surface area contributed by atoms with Gasteiger partial charge in [-0.05, 0) is 42.2 Å². The Morgan fingerprint density at radius 2 is 1.77 bits per heavy atom. The molecule has 7 heteroatoms. The molecular formula is C19H23N3O3S. The van der Waals surface area contributed by atoms with Crippen LogP contribution in [-0.4, -0.2) is 36.7 Å². The fourth-order valence-corrected chi connectivity index (χ4v) is 4.60. The second-order valence-electron chi connectivity index (χ2n) is 6.46. The second-order valence-corrected chi connectivity index (χ2v) is 8.43. The molecule has 1 aliphatic rings. The van der Waals surface area contributed by atoms with E-state index in [1.54, 1.807) is 41.0 Å². The van der Waals surface area contributed by atoms with Crippen molar-refractivity contribution in [3.8, 4) is 0 Å². The van der Waals surface area contributed by atoms with Gasteiger partial charge in [-0.2, -0.15) is 0 Å². The number of benzene rings is 1. The van der Waals surface area contributed by atoms with Crippen molar-refractivity contribution in [2.45, 2.75) is 31.6 Å². The molecule has 1 amide bonds. The number of hydrogen-bond acceptors (Lipinski definition) is 4. The van der Waals surface area contributed by atoms with Gasteiger partial charge in [0.15, 0.2) is 0 Å². The third-order valence-corrected chi connectivity index (χ3v) is 6.30. The molecule has 26 heavy (non-hydrogen) atoms. The van der Waals surface area contributed by atoms with Crippen molar-refractivity contribution >= 4 is 15.9 Å². The van der Waals surface area contributed by atoms with Crippen molar-refractivity contribution in [3.63, 3.8) is 0 Å².